The summed E-state index contributed by atoms with van der Waals surface area (Å²) in [6.45, 7) is 3.07. The topological polar surface area (TPSA) is 252 Å². The Morgan fingerprint density at radius 2 is 1.58 bits per heavy atom. The zero-order valence-corrected chi connectivity index (χ0v) is 18.9. The summed E-state index contributed by atoms with van der Waals surface area (Å²) in [4.78, 5) is 63.0. The van der Waals surface area contributed by atoms with Crippen molar-refractivity contribution < 1.29 is 34.2 Å². The number of carboxylic acids is 2. The van der Waals surface area contributed by atoms with E-state index in [1.165, 1.54) is 0 Å². The minimum absolute atomic E-state index is 0.101. The minimum atomic E-state index is -1.24. The van der Waals surface area contributed by atoms with Gasteiger partial charge in [-0.2, -0.15) is 0 Å². The molecule has 0 aromatic rings. The van der Waals surface area contributed by atoms with Crippen LogP contribution in [0.25, 0.3) is 0 Å². The molecular weight excluding hydrogens is 438 g/mol. The third-order valence-corrected chi connectivity index (χ3v) is 4.79. The molecule has 3 amide bonds. The lowest BCUT2D eigenvalue weighted by Crippen LogP contribution is -2.57. The predicted molar refractivity (Wildman–Crippen MR) is 119 cm³/mol. The van der Waals surface area contributed by atoms with Crippen LogP contribution in [-0.4, -0.2) is 77.0 Å². The lowest BCUT2D eigenvalue weighted by atomic mass is 9.97. The average Bonchev–Trinajstić information content (AvgIpc) is 2.74. The first-order valence-corrected chi connectivity index (χ1v) is 10.5. The Morgan fingerprint density at radius 3 is 2.09 bits per heavy atom. The summed E-state index contributed by atoms with van der Waals surface area (Å²) in [6.07, 6.45) is 0.462. The second-order valence-corrected chi connectivity index (χ2v) is 7.53. The highest BCUT2D eigenvalue weighted by atomic mass is 16.4. The second kappa shape index (κ2) is 15.4. The number of aliphatic imine (C=N–C) groups is 1. The van der Waals surface area contributed by atoms with Crippen molar-refractivity contribution in [2.24, 2.45) is 28.1 Å². The molecule has 4 atom stereocenters. The molecule has 11 N–H and O–H groups in total. The Balaban J connectivity index is 5.40. The number of carboxylic acid groups (broad SMARTS) is 2. The Labute approximate surface area is 191 Å². The van der Waals surface area contributed by atoms with Crippen LogP contribution >= 0.6 is 0 Å². The van der Waals surface area contributed by atoms with Crippen molar-refractivity contribution in [3.05, 3.63) is 0 Å². The van der Waals surface area contributed by atoms with Crippen LogP contribution in [0.15, 0.2) is 4.99 Å². The number of amides is 3. The number of hydrogen-bond acceptors (Lipinski definition) is 7. The van der Waals surface area contributed by atoms with E-state index in [0.717, 1.165) is 0 Å². The van der Waals surface area contributed by atoms with Gasteiger partial charge < -0.3 is 43.4 Å². The van der Waals surface area contributed by atoms with Crippen LogP contribution in [-0.2, 0) is 24.0 Å². The fraction of sp³-hybridized carbons (Fsp3) is 0.684. The molecule has 0 aromatic carbocycles. The van der Waals surface area contributed by atoms with Crippen molar-refractivity contribution in [2.75, 3.05) is 13.1 Å². The minimum Gasteiger partial charge on any atom is -0.481 e. The van der Waals surface area contributed by atoms with Crippen LogP contribution in [0, 0.1) is 5.92 Å². The maximum absolute atomic E-state index is 12.9. The average molecular weight is 474 g/mol. The highest BCUT2D eigenvalue weighted by molar-refractivity contribution is 5.93. The molecule has 188 valence electrons. The van der Waals surface area contributed by atoms with Crippen molar-refractivity contribution in [2.45, 2.75) is 64.1 Å². The zero-order valence-electron chi connectivity index (χ0n) is 18.9. The second-order valence-electron chi connectivity index (χ2n) is 7.53. The molecule has 0 radical (unpaired) electrons. The van der Waals surface area contributed by atoms with Gasteiger partial charge in [0.05, 0.1) is 6.04 Å². The first kappa shape index (κ1) is 29.6. The Bertz CT molecular complexity index is 725. The number of nitrogens with two attached hydrogens (primary N) is 3. The molecular formula is C19H35N7O7. The van der Waals surface area contributed by atoms with Gasteiger partial charge in [-0.25, -0.2) is 0 Å². The lowest BCUT2D eigenvalue weighted by molar-refractivity contribution is -0.139. The molecule has 0 aliphatic carbocycles. The van der Waals surface area contributed by atoms with Gasteiger partial charge in [0, 0.05) is 13.0 Å². The van der Waals surface area contributed by atoms with E-state index in [-0.39, 0.29) is 37.7 Å². The SMILES string of the molecule is CCC(C)C(NC(=O)C(CCCN=C(N)N)NC(=O)C(N)CCC(=O)O)C(=O)NCC(=O)O. The largest absolute Gasteiger partial charge is 0.481 e. The summed E-state index contributed by atoms with van der Waals surface area (Å²) in [7, 11) is 0. The Kier molecular flexibility index (Phi) is 13.8. The van der Waals surface area contributed by atoms with Crippen LogP contribution < -0.4 is 33.2 Å². The lowest BCUT2D eigenvalue weighted by Gasteiger charge is -2.27. The molecule has 0 aromatic heterocycles. The predicted octanol–water partition coefficient (Wildman–Crippen LogP) is -2.55. The molecule has 33 heavy (non-hydrogen) atoms. The van der Waals surface area contributed by atoms with E-state index in [4.69, 9.17) is 27.4 Å². The third kappa shape index (κ3) is 12.9. The van der Waals surface area contributed by atoms with Gasteiger partial charge in [0.15, 0.2) is 5.96 Å². The van der Waals surface area contributed by atoms with Crippen molar-refractivity contribution in [3.8, 4) is 0 Å². The van der Waals surface area contributed by atoms with Gasteiger partial charge >= 0.3 is 11.9 Å². The smallest absolute Gasteiger partial charge is 0.322 e. The molecule has 4 unspecified atom stereocenters. The third-order valence-electron chi connectivity index (χ3n) is 4.79. The molecule has 0 spiro atoms. The van der Waals surface area contributed by atoms with Gasteiger partial charge in [-0.05, 0) is 25.2 Å². The van der Waals surface area contributed by atoms with Gasteiger partial charge in [0.2, 0.25) is 17.7 Å². The quantitative estimate of drug-likeness (QED) is 0.0661. The van der Waals surface area contributed by atoms with Crippen LogP contribution in [0.5, 0.6) is 0 Å². The highest BCUT2D eigenvalue weighted by Gasteiger charge is 2.30. The number of carbonyl (C=O) groups is 5. The van der Waals surface area contributed by atoms with E-state index in [1.54, 1.807) is 13.8 Å². The number of hydrogen-bond donors (Lipinski definition) is 8. The molecule has 0 fully saturated rings. The molecule has 14 nitrogen and oxygen atoms in total. The van der Waals surface area contributed by atoms with Crippen molar-refractivity contribution in [1.82, 2.24) is 16.0 Å². The van der Waals surface area contributed by atoms with E-state index < -0.39 is 54.3 Å². The highest BCUT2D eigenvalue weighted by Crippen LogP contribution is 2.10. The van der Waals surface area contributed by atoms with E-state index >= 15 is 0 Å². The normalized spacial score (nSPS) is 14.2. The fourth-order valence-corrected chi connectivity index (χ4v) is 2.69. The summed E-state index contributed by atoms with van der Waals surface area (Å²) in [6, 6.07) is -3.31. The van der Waals surface area contributed by atoms with Crippen LogP contribution in [0.4, 0.5) is 0 Å². The molecule has 0 saturated carbocycles. The van der Waals surface area contributed by atoms with Gasteiger partial charge in [-0.3, -0.25) is 29.0 Å². The van der Waals surface area contributed by atoms with Crippen LogP contribution in [0.1, 0.15) is 46.0 Å². The molecule has 0 aliphatic heterocycles. The van der Waals surface area contributed by atoms with Crippen LogP contribution in [0.2, 0.25) is 0 Å². The number of nitrogens with zero attached hydrogens (tertiary/aromatic N) is 1. The number of aliphatic carboxylic acids is 2. The fourth-order valence-electron chi connectivity index (χ4n) is 2.69. The summed E-state index contributed by atoms with van der Waals surface area (Å²) >= 11 is 0. The van der Waals surface area contributed by atoms with E-state index in [2.05, 4.69) is 20.9 Å². The monoisotopic (exact) mass is 473 g/mol. The summed E-state index contributed by atoms with van der Waals surface area (Å²) in [5.74, 6) is -4.92. The zero-order chi connectivity index (χ0) is 25.6. The number of rotatable bonds is 16. The van der Waals surface area contributed by atoms with Gasteiger partial charge in [0.1, 0.15) is 18.6 Å². The van der Waals surface area contributed by atoms with Crippen molar-refractivity contribution in [1.29, 1.82) is 0 Å². The molecule has 0 saturated heterocycles. The molecule has 0 heterocycles. The van der Waals surface area contributed by atoms with Gasteiger partial charge in [-0.15, -0.1) is 0 Å². The van der Waals surface area contributed by atoms with E-state index in [0.29, 0.717) is 12.8 Å². The van der Waals surface area contributed by atoms with E-state index in [9.17, 15) is 24.0 Å². The molecule has 0 aliphatic rings. The summed E-state index contributed by atoms with van der Waals surface area (Å²) < 4.78 is 0. The maximum Gasteiger partial charge on any atom is 0.322 e. The Morgan fingerprint density at radius 1 is 0.939 bits per heavy atom. The standard InChI is InChI=1S/C19H35N7O7/c1-3-10(2)15(18(33)24-9-14(29)30)26-17(32)12(5-4-8-23-19(21)22)25-16(31)11(20)6-7-13(27)28/h10-12,15H,3-9,20H2,1-2H3,(H,24,33)(H,25,31)(H,26,32)(H,27,28)(H,29,30)(H4,21,22,23). The molecule has 0 rings (SSSR count). The number of carbonyl (C=O) groups excluding carboxylic acids is 3. The van der Waals surface area contributed by atoms with Crippen molar-refractivity contribution in [3.63, 3.8) is 0 Å². The van der Waals surface area contributed by atoms with Crippen molar-refractivity contribution >= 4 is 35.6 Å². The van der Waals surface area contributed by atoms with Gasteiger partial charge in [0.25, 0.3) is 0 Å². The first-order chi connectivity index (χ1) is 15.4. The first-order valence-electron chi connectivity index (χ1n) is 10.5. The number of guanidine groups is 1. The molecule has 0 bridgehead atoms. The van der Waals surface area contributed by atoms with Crippen LogP contribution in [0.3, 0.4) is 0 Å². The summed E-state index contributed by atoms with van der Waals surface area (Å²) in [5.41, 5.74) is 16.3. The molecule has 14 heteroatoms. The van der Waals surface area contributed by atoms with Gasteiger partial charge in [-0.1, -0.05) is 20.3 Å². The number of nitrogens with one attached hydrogen (secondary N) is 3. The Hall–Kier alpha value is -3.42. The van der Waals surface area contributed by atoms with E-state index in [1.807, 2.05) is 0 Å². The summed E-state index contributed by atoms with van der Waals surface area (Å²) in [5, 5.41) is 24.8. The maximum atomic E-state index is 12.9.